The van der Waals surface area contributed by atoms with Crippen LogP contribution in [0.2, 0.25) is 0 Å². The molecule has 4 aromatic carbocycles. The van der Waals surface area contributed by atoms with Gasteiger partial charge in [-0.15, -0.1) is 0 Å². The van der Waals surface area contributed by atoms with Crippen LogP contribution < -0.4 is 0 Å². The fourth-order valence-corrected chi connectivity index (χ4v) is 9.91. The Morgan fingerprint density at radius 2 is 1.11 bits per heavy atom. The molecule has 0 N–H and O–H groups in total. The second-order valence-electron chi connectivity index (χ2n) is 12.6. The highest BCUT2D eigenvalue weighted by atomic mass is 14.6. The third-order valence-corrected chi connectivity index (χ3v) is 11.0. The molecule has 0 nitrogen and oxygen atoms in total. The van der Waals surface area contributed by atoms with E-state index in [0.717, 1.165) is 36.5 Å². The second kappa shape index (κ2) is 7.00. The van der Waals surface area contributed by atoms with Crippen molar-refractivity contribution in [3.05, 3.63) is 118 Å². The van der Waals surface area contributed by atoms with Gasteiger partial charge in [-0.2, -0.15) is 0 Å². The molecule has 4 fully saturated rings. The molecule has 0 aromatic heterocycles. The number of fused-ring (bicyclic) bond motifs is 6. The lowest BCUT2D eigenvalue weighted by molar-refractivity contribution is -0.0415. The molecule has 4 aromatic rings. The molecular formula is C36H32. The number of hydrogen-bond donors (Lipinski definition) is 0. The summed E-state index contributed by atoms with van der Waals surface area (Å²) in [6, 6.07) is 33.4. The van der Waals surface area contributed by atoms with E-state index in [2.05, 4.69) is 84.9 Å². The van der Waals surface area contributed by atoms with Crippen LogP contribution in [0.5, 0.6) is 0 Å². The van der Waals surface area contributed by atoms with Gasteiger partial charge in [0.05, 0.1) is 0 Å². The minimum absolute atomic E-state index is 0.142. The van der Waals surface area contributed by atoms with Crippen molar-refractivity contribution in [1.29, 1.82) is 0 Å². The normalized spacial score (nSPS) is 30.1. The van der Waals surface area contributed by atoms with Gasteiger partial charge in [0.15, 0.2) is 0 Å². The average molecular weight is 465 g/mol. The van der Waals surface area contributed by atoms with E-state index in [1.165, 1.54) is 65.5 Å². The maximum atomic E-state index is 2.66. The summed E-state index contributed by atoms with van der Waals surface area (Å²) >= 11 is 0. The van der Waals surface area contributed by atoms with Crippen LogP contribution in [-0.2, 0) is 18.3 Å². The van der Waals surface area contributed by atoms with E-state index in [0.29, 0.717) is 0 Å². The highest BCUT2D eigenvalue weighted by molar-refractivity contribution is 5.82. The van der Waals surface area contributed by atoms with E-state index in [-0.39, 0.29) is 5.41 Å². The highest BCUT2D eigenvalue weighted by Gasteiger charge is 2.59. The van der Waals surface area contributed by atoms with Crippen LogP contribution in [0.15, 0.2) is 84.9 Å². The summed E-state index contributed by atoms with van der Waals surface area (Å²) < 4.78 is 0. The van der Waals surface area contributed by atoms with Crippen molar-refractivity contribution >= 4 is 0 Å². The van der Waals surface area contributed by atoms with Crippen molar-refractivity contribution in [2.45, 2.75) is 50.4 Å². The zero-order chi connectivity index (χ0) is 23.4. The van der Waals surface area contributed by atoms with Gasteiger partial charge in [0.2, 0.25) is 0 Å². The molecular weight excluding hydrogens is 432 g/mol. The van der Waals surface area contributed by atoms with Gasteiger partial charge < -0.3 is 0 Å². The number of hydrogen-bond acceptors (Lipinski definition) is 0. The molecule has 4 bridgehead atoms. The van der Waals surface area contributed by atoms with Gasteiger partial charge in [-0.3, -0.25) is 0 Å². The summed E-state index contributed by atoms with van der Waals surface area (Å²) in [5, 5.41) is 0. The van der Waals surface area contributed by atoms with Crippen LogP contribution in [-0.4, -0.2) is 0 Å². The van der Waals surface area contributed by atoms with Crippen LogP contribution >= 0.6 is 0 Å². The van der Waals surface area contributed by atoms with Gasteiger partial charge in [0.25, 0.3) is 0 Å². The van der Waals surface area contributed by atoms with Crippen LogP contribution in [0.25, 0.3) is 22.3 Å². The van der Waals surface area contributed by atoms with Gasteiger partial charge in [-0.05, 0) is 130 Å². The molecule has 0 atom stereocenters. The van der Waals surface area contributed by atoms with Crippen molar-refractivity contribution < 1.29 is 0 Å². The van der Waals surface area contributed by atoms with E-state index in [4.69, 9.17) is 0 Å². The van der Waals surface area contributed by atoms with E-state index < -0.39 is 0 Å². The van der Waals surface area contributed by atoms with Crippen LogP contribution in [0.4, 0.5) is 0 Å². The molecule has 0 heterocycles. The predicted octanol–water partition coefficient (Wildman–Crippen LogP) is 8.57. The minimum Gasteiger partial charge on any atom is -0.0619 e. The summed E-state index contributed by atoms with van der Waals surface area (Å²) in [5.74, 6) is 3.45. The Morgan fingerprint density at radius 3 is 1.89 bits per heavy atom. The summed E-state index contributed by atoms with van der Waals surface area (Å²) in [7, 11) is 0. The molecule has 6 aliphatic carbocycles. The first-order valence-electron chi connectivity index (χ1n) is 14.2. The fourth-order valence-electron chi connectivity index (χ4n) is 9.91. The fraction of sp³-hybridized carbons (Fsp3) is 0.333. The number of benzene rings is 4. The molecule has 0 radical (unpaired) electrons. The first-order valence-corrected chi connectivity index (χ1v) is 14.2. The molecule has 6 aliphatic rings. The monoisotopic (exact) mass is 464 g/mol. The molecule has 36 heavy (non-hydrogen) atoms. The van der Waals surface area contributed by atoms with E-state index >= 15 is 0 Å². The largest absolute Gasteiger partial charge is 0.0619 e. The smallest absolute Gasteiger partial charge is 0.0266 e. The quantitative estimate of drug-likeness (QED) is 0.241. The average Bonchev–Trinajstić information content (AvgIpc) is 3.47. The lowest BCUT2D eigenvalue weighted by atomic mass is 9.41. The molecule has 0 unspecified atom stereocenters. The molecule has 10 rings (SSSR count). The molecule has 0 amide bonds. The van der Waals surface area contributed by atoms with Crippen LogP contribution in [0.3, 0.4) is 0 Å². The topological polar surface area (TPSA) is 0 Å². The molecule has 176 valence electrons. The predicted molar refractivity (Wildman–Crippen MR) is 147 cm³/mol. The Hall–Kier alpha value is -3.12. The van der Waals surface area contributed by atoms with Gasteiger partial charge in [-0.1, -0.05) is 78.9 Å². The highest BCUT2D eigenvalue weighted by Crippen LogP contribution is 2.67. The Labute approximate surface area is 214 Å². The SMILES string of the molecule is c1ccc2c(c1)Cc1ccc(C3(c4cccc5c4-c4ccccc4C5)C4CC5CC(C4)CC3C5)cc1-2. The van der Waals surface area contributed by atoms with E-state index in [9.17, 15) is 0 Å². The zero-order valence-corrected chi connectivity index (χ0v) is 20.8. The third kappa shape index (κ3) is 2.46. The molecule has 0 spiro atoms. The Bertz CT molecular complexity index is 1520. The summed E-state index contributed by atoms with van der Waals surface area (Å²) in [6.45, 7) is 0. The minimum atomic E-state index is 0.142. The van der Waals surface area contributed by atoms with Gasteiger partial charge >= 0.3 is 0 Å². The molecule has 0 saturated heterocycles. The standard InChI is InChI=1S/C36H32/c1-3-9-31-24(6-1)19-26-12-13-28(21-33(26)31)36(29-15-22-14-23(17-29)18-30(36)16-22)34-11-5-8-27-20-25-7-2-4-10-32(25)35(27)34/h1-13,21-23,29-30H,14-20H2. The Kier molecular flexibility index (Phi) is 3.89. The maximum absolute atomic E-state index is 2.66. The summed E-state index contributed by atoms with van der Waals surface area (Å²) in [6.07, 6.45) is 9.36. The van der Waals surface area contributed by atoms with E-state index in [1.54, 1.807) is 22.3 Å². The first-order chi connectivity index (χ1) is 17.8. The lowest BCUT2D eigenvalue weighted by Gasteiger charge is -2.62. The lowest BCUT2D eigenvalue weighted by Crippen LogP contribution is -2.56. The Balaban J connectivity index is 1.33. The van der Waals surface area contributed by atoms with Gasteiger partial charge in [0.1, 0.15) is 0 Å². The van der Waals surface area contributed by atoms with Gasteiger partial charge in [-0.25, -0.2) is 0 Å². The first kappa shape index (κ1) is 20.0. The van der Waals surface area contributed by atoms with Crippen molar-refractivity contribution in [3.63, 3.8) is 0 Å². The van der Waals surface area contributed by atoms with Crippen molar-refractivity contribution in [2.24, 2.45) is 23.7 Å². The van der Waals surface area contributed by atoms with Crippen molar-refractivity contribution in [1.82, 2.24) is 0 Å². The number of rotatable bonds is 2. The van der Waals surface area contributed by atoms with Gasteiger partial charge in [0, 0.05) is 5.41 Å². The molecule has 0 heteroatoms. The third-order valence-electron chi connectivity index (χ3n) is 11.0. The maximum Gasteiger partial charge on any atom is 0.0266 e. The van der Waals surface area contributed by atoms with Crippen LogP contribution in [0.1, 0.15) is 65.5 Å². The molecule has 0 aliphatic heterocycles. The second-order valence-corrected chi connectivity index (χ2v) is 12.6. The van der Waals surface area contributed by atoms with Crippen molar-refractivity contribution in [3.8, 4) is 22.3 Å². The Morgan fingerprint density at radius 1 is 0.500 bits per heavy atom. The summed E-state index contributed by atoms with van der Waals surface area (Å²) in [5.41, 5.74) is 15.6. The van der Waals surface area contributed by atoms with Crippen molar-refractivity contribution in [2.75, 3.05) is 0 Å². The summed E-state index contributed by atoms with van der Waals surface area (Å²) in [4.78, 5) is 0. The zero-order valence-electron chi connectivity index (χ0n) is 20.8. The van der Waals surface area contributed by atoms with Crippen LogP contribution in [0, 0.1) is 23.7 Å². The van der Waals surface area contributed by atoms with E-state index in [1.807, 2.05) is 0 Å². The molecule has 4 saturated carbocycles.